The van der Waals surface area contributed by atoms with E-state index < -0.39 is 0 Å². The number of carbonyl (C=O) groups is 1. The van der Waals surface area contributed by atoms with Gasteiger partial charge in [-0.05, 0) is 28.6 Å². The fourth-order valence-electron chi connectivity index (χ4n) is 2.84. The lowest BCUT2D eigenvalue weighted by Crippen LogP contribution is -2.21. The lowest BCUT2D eigenvalue weighted by atomic mass is 10.0. The van der Waals surface area contributed by atoms with Gasteiger partial charge in [0.1, 0.15) is 0 Å². The number of hydrogen-bond acceptors (Lipinski definition) is 2. The Hall–Kier alpha value is -2.88. The topological polar surface area (TPSA) is 51.1 Å². The molecule has 0 radical (unpaired) electrons. The molecule has 2 aromatic carbocycles. The van der Waals surface area contributed by atoms with Crippen molar-refractivity contribution in [1.29, 1.82) is 0 Å². The molecular formula is C20H20N2O2. The van der Waals surface area contributed by atoms with Gasteiger partial charge in [-0.1, -0.05) is 42.5 Å². The summed E-state index contributed by atoms with van der Waals surface area (Å²) in [6, 6.07) is 17.9. The molecule has 4 nitrogen and oxygen atoms in total. The molecule has 1 aromatic heterocycles. The maximum absolute atomic E-state index is 12.5. The van der Waals surface area contributed by atoms with Gasteiger partial charge in [0.05, 0.1) is 5.52 Å². The zero-order valence-electron chi connectivity index (χ0n) is 13.9. The molecule has 1 amide bonds. The van der Waals surface area contributed by atoms with Gasteiger partial charge in [-0.15, -0.1) is 0 Å². The monoisotopic (exact) mass is 320 g/mol. The van der Waals surface area contributed by atoms with Crippen LogP contribution in [0.25, 0.3) is 10.9 Å². The number of aromatic nitrogens is 1. The first kappa shape index (κ1) is 16.0. The fourth-order valence-corrected chi connectivity index (χ4v) is 2.84. The second-order valence-corrected chi connectivity index (χ2v) is 6.00. The van der Waals surface area contributed by atoms with E-state index in [0.29, 0.717) is 13.0 Å². The number of para-hydroxylation sites is 1. The fraction of sp³-hybridized carbons (Fsp3) is 0.200. The van der Waals surface area contributed by atoms with E-state index >= 15 is 0 Å². The Morgan fingerprint density at radius 1 is 1.04 bits per heavy atom. The predicted octanol–water partition coefficient (Wildman–Crippen LogP) is 2.77. The van der Waals surface area contributed by atoms with E-state index in [-0.39, 0.29) is 11.5 Å². The minimum atomic E-state index is -0.0428. The highest BCUT2D eigenvalue weighted by Crippen LogP contribution is 2.15. The van der Waals surface area contributed by atoms with Crippen LogP contribution in [0.5, 0.6) is 0 Å². The number of nitrogens with one attached hydrogen (secondary N) is 1. The van der Waals surface area contributed by atoms with Crippen molar-refractivity contribution in [2.45, 2.75) is 19.9 Å². The van der Waals surface area contributed by atoms with Gasteiger partial charge in [-0.3, -0.25) is 9.59 Å². The Labute approximate surface area is 140 Å². The minimum absolute atomic E-state index is 0.0380. The van der Waals surface area contributed by atoms with E-state index in [1.165, 1.54) is 6.92 Å². The van der Waals surface area contributed by atoms with Gasteiger partial charge in [0.25, 0.3) is 5.56 Å². The number of nitrogens with zero attached hydrogens (tertiary/aromatic N) is 1. The first-order valence-electron chi connectivity index (χ1n) is 7.94. The van der Waals surface area contributed by atoms with Crippen LogP contribution in [0.3, 0.4) is 0 Å². The molecule has 3 aromatic rings. The standard InChI is InChI=1S/C20H20N2O2/c1-14(23)21-13-16-9-7-15(8-10-16)11-18-12-17-5-3-4-6-19(17)22(2)20(18)24/h3-10,12H,11,13H2,1-2H3,(H,21,23). The van der Waals surface area contributed by atoms with Crippen molar-refractivity contribution in [3.8, 4) is 0 Å². The smallest absolute Gasteiger partial charge is 0.254 e. The van der Waals surface area contributed by atoms with Crippen LogP contribution in [0.2, 0.25) is 0 Å². The second kappa shape index (κ2) is 6.71. The minimum Gasteiger partial charge on any atom is -0.352 e. The SMILES string of the molecule is CC(=O)NCc1ccc(Cc2cc3ccccc3n(C)c2=O)cc1. The van der Waals surface area contributed by atoms with E-state index in [1.54, 1.807) is 4.57 Å². The second-order valence-electron chi connectivity index (χ2n) is 6.00. The van der Waals surface area contributed by atoms with Crippen LogP contribution in [-0.4, -0.2) is 10.5 Å². The van der Waals surface area contributed by atoms with Gasteiger partial charge < -0.3 is 9.88 Å². The molecule has 0 atom stereocenters. The van der Waals surface area contributed by atoms with Gasteiger partial charge in [0.2, 0.25) is 5.91 Å². The van der Waals surface area contributed by atoms with E-state index in [2.05, 4.69) is 5.32 Å². The Morgan fingerprint density at radius 3 is 2.42 bits per heavy atom. The summed E-state index contributed by atoms with van der Waals surface area (Å²) >= 11 is 0. The quantitative estimate of drug-likeness (QED) is 0.803. The highest BCUT2D eigenvalue weighted by molar-refractivity contribution is 5.79. The third-order valence-corrected chi connectivity index (χ3v) is 4.17. The lowest BCUT2D eigenvalue weighted by molar-refractivity contribution is -0.119. The van der Waals surface area contributed by atoms with Gasteiger partial charge in [0, 0.05) is 32.5 Å². The number of aryl methyl sites for hydroxylation is 1. The van der Waals surface area contributed by atoms with Gasteiger partial charge in [0.15, 0.2) is 0 Å². The van der Waals surface area contributed by atoms with Crippen molar-refractivity contribution < 1.29 is 4.79 Å². The van der Waals surface area contributed by atoms with Crippen LogP contribution in [0.1, 0.15) is 23.6 Å². The molecule has 24 heavy (non-hydrogen) atoms. The summed E-state index contributed by atoms with van der Waals surface area (Å²) in [4.78, 5) is 23.5. The molecule has 0 fully saturated rings. The van der Waals surface area contributed by atoms with Crippen molar-refractivity contribution >= 4 is 16.8 Å². The average Bonchev–Trinajstić information content (AvgIpc) is 2.59. The summed E-state index contributed by atoms with van der Waals surface area (Å²) in [5.41, 5.74) is 3.88. The Morgan fingerprint density at radius 2 is 1.71 bits per heavy atom. The lowest BCUT2D eigenvalue weighted by Gasteiger charge is -2.09. The van der Waals surface area contributed by atoms with Crippen molar-refractivity contribution in [2.24, 2.45) is 7.05 Å². The largest absolute Gasteiger partial charge is 0.352 e. The highest BCUT2D eigenvalue weighted by atomic mass is 16.1. The third-order valence-electron chi connectivity index (χ3n) is 4.17. The maximum atomic E-state index is 12.5. The number of carbonyl (C=O) groups excluding carboxylic acids is 1. The van der Waals surface area contributed by atoms with Crippen LogP contribution in [0.15, 0.2) is 59.4 Å². The van der Waals surface area contributed by atoms with Crippen LogP contribution in [0, 0.1) is 0 Å². The van der Waals surface area contributed by atoms with Crippen molar-refractivity contribution in [1.82, 2.24) is 9.88 Å². The van der Waals surface area contributed by atoms with Gasteiger partial charge in [-0.2, -0.15) is 0 Å². The molecule has 0 spiro atoms. The number of fused-ring (bicyclic) bond motifs is 1. The Bertz CT molecular complexity index is 940. The molecule has 0 aliphatic heterocycles. The molecule has 0 aliphatic carbocycles. The van der Waals surface area contributed by atoms with Gasteiger partial charge >= 0.3 is 0 Å². The summed E-state index contributed by atoms with van der Waals surface area (Å²) in [6.07, 6.45) is 0.595. The highest BCUT2D eigenvalue weighted by Gasteiger charge is 2.07. The van der Waals surface area contributed by atoms with Crippen LogP contribution < -0.4 is 10.9 Å². The Kier molecular flexibility index (Phi) is 4.47. The summed E-state index contributed by atoms with van der Waals surface area (Å²) < 4.78 is 1.70. The van der Waals surface area contributed by atoms with Crippen LogP contribution in [0.4, 0.5) is 0 Å². The number of amides is 1. The van der Waals surface area contributed by atoms with E-state index in [9.17, 15) is 9.59 Å². The molecule has 122 valence electrons. The number of benzene rings is 2. The number of rotatable bonds is 4. The zero-order valence-corrected chi connectivity index (χ0v) is 13.9. The predicted molar refractivity (Wildman–Crippen MR) is 96.0 cm³/mol. The number of pyridine rings is 1. The van der Waals surface area contributed by atoms with Crippen molar-refractivity contribution in [3.63, 3.8) is 0 Å². The first-order chi connectivity index (χ1) is 11.5. The zero-order chi connectivity index (χ0) is 17.1. The summed E-state index contributed by atoms with van der Waals surface area (Å²) in [7, 11) is 1.81. The molecule has 0 saturated heterocycles. The van der Waals surface area contributed by atoms with E-state index in [0.717, 1.165) is 27.6 Å². The third kappa shape index (κ3) is 3.38. The molecular weight excluding hydrogens is 300 g/mol. The van der Waals surface area contributed by atoms with Crippen molar-refractivity contribution in [2.75, 3.05) is 0 Å². The molecule has 0 bridgehead atoms. The summed E-state index contributed by atoms with van der Waals surface area (Å²) in [6.45, 7) is 2.03. The van der Waals surface area contributed by atoms with E-state index in [1.807, 2.05) is 61.6 Å². The van der Waals surface area contributed by atoms with E-state index in [4.69, 9.17) is 0 Å². The first-order valence-corrected chi connectivity index (χ1v) is 7.94. The van der Waals surface area contributed by atoms with Crippen LogP contribution in [-0.2, 0) is 24.8 Å². The molecule has 0 aliphatic rings. The van der Waals surface area contributed by atoms with Gasteiger partial charge in [-0.25, -0.2) is 0 Å². The normalized spacial score (nSPS) is 10.8. The number of hydrogen-bond donors (Lipinski definition) is 1. The molecule has 0 unspecified atom stereocenters. The molecule has 1 heterocycles. The summed E-state index contributed by atoms with van der Waals surface area (Å²) in [5.74, 6) is -0.0428. The molecule has 3 rings (SSSR count). The van der Waals surface area contributed by atoms with Crippen LogP contribution >= 0.6 is 0 Å². The summed E-state index contributed by atoms with van der Waals surface area (Å²) in [5, 5.41) is 3.84. The maximum Gasteiger partial charge on any atom is 0.254 e. The molecule has 0 saturated carbocycles. The molecule has 4 heteroatoms. The van der Waals surface area contributed by atoms with Crippen molar-refractivity contribution in [3.05, 3.63) is 81.6 Å². The average molecular weight is 320 g/mol. The Balaban J connectivity index is 1.86. The molecule has 1 N–H and O–H groups in total.